The first kappa shape index (κ1) is 14.4. The Morgan fingerprint density at radius 1 is 1.22 bits per heavy atom. The number of hydrogen-bond donors (Lipinski definition) is 2. The van der Waals surface area contributed by atoms with Gasteiger partial charge in [0.25, 0.3) is 0 Å². The lowest BCUT2D eigenvalue weighted by Gasteiger charge is -2.24. The average molecular weight is 249 g/mol. The Morgan fingerprint density at radius 3 is 2.50 bits per heavy atom. The first-order chi connectivity index (χ1) is 8.77. The third-order valence-electron chi connectivity index (χ3n) is 2.89. The number of nitrogens with two attached hydrogens (primary N) is 1. The van der Waals surface area contributed by atoms with Crippen molar-refractivity contribution in [3.63, 3.8) is 0 Å². The molecule has 0 fully saturated rings. The van der Waals surface area contributed by atoms with Crippen LogP contribution in [0.2, 0.25) is 0 Å². The van der Waals surface area contributed by atoms with Gasteiger partial charge in [0.1, 0.15) is 5.84 Å². The van der Waals surface area contributed by atoms with Crippen LogP contribution < -0.4 is 10.6 Å². The molecule has 18 heavy (non-hydrogen) atoms. The molecule has 0 aliphatic rings. The van der Waals surface area contributed by atoms with Crippen molar-refractivity contribution in [2.75, 3.05) is 18.0 Å². The Hall–Kier alpha value is -1.71. The highest BCUT2D eigenvalue weighted by atomic mass is 16.4. The quantitative estimate of drug-likeness (QED) is 0.322. The van der Waals surface area contributed by atoms with Crippen LogP contribution in [0.4, 0.5) is 5.69 Å². The molecule has 4 nitrogen and oxygen atoms in total. The van der Waals surface area contributed by atoms with Gasteiger partial charge in [0.05, 0.1) is 0 Å². The van der Waals surface area contributed by atoms with Crippen LogP contribution in [0.5, 0.6) is 0 Å². The summed E-state index contributed by atoms with van der Waals surface area (Å²) in [4.78, 5) is 2.36. The maximum atomic E-state index is 8.51. The number of amidine groups is 1. The summed E-state index contributed by atoms with van der Waals surface area (Å²) in [5, 5.41) is 11.5. The van der Waals surface area contributed by atoms with Crippen LogP contribution in [0.25, 0.3) is 0 Å². The molecule has 0 heterocycles. The molecule has 0 unspecified atom stereocenters. The summed E-state index contributed by atoms with van der Waals surface area (Å²) in [6, 6.07) is 10.4. The van der Waals surface area contributed by atoms with Crippen molar-refractivity contribution in [2.45, 2.75) is 32.6 Å². The third kappa shape index (κ3) is 5.08. The SMILES string of the molecule is CCCCN(CCCC(N)=NO)c1ccccc1. The maximum Gasteiger partial charge on any atom is 0.139 e. The van der Waals surface area contributed by atoms with Crippen molar-refractivity contribution in [3.05, 3.63) is 30.3 Å². The van der Waals surface area contributed by atoms with E-state index in [0.717, 1.165) is 19.5 Å². The van der Waals surface area contributed by atoms with Crippen LogP contribution in [0.15, 0.2) is 35.5 Å². The van der Waals surface area contributed by atoms with E-state index in [1.54, 1.807) is 0 Å². The summed E-state index contributed by atoms with van der Waals surface area (Å²) >= 11 is 0. The van der Waals surface area contributed by atoms with Gasteiger partial charge in [-0.1, -0.05) is 36.7 Å². The van der Waals surface area contributed by atoms with Gasteiger partial charge in [-0.05, 0) is 25.0 Å². The molecular formula is C14H23N3O. The highest BCUT2D eigenvalue weighted by Crippen LogP contribution is 2.14. The lowest BCUT2D eigenvalue weighted by atomic mass is 10.2. The fourth-order valence-electron chi connectivity index (χ4n) is 1.86. The second-order valence-corrected chi connectivity index (χ2v) is 4.37. The molecule has 0 amide bonds. The topological polar surface area (TPSA) is 61.8 Å². The summed E-state index contributed by atoms with van der Waals surface area (Å²) in [7, 11) is 0. The molecule has 0 aromatic heterocycles. The van der Waals surface area contributed by atoms with E-state index in [0.29, 0.717) is 12.3 Å². The van der Waals surface area contributed by atoms with E-state index in [-0.39, 0.29) is 0 Å². The zero-order chi connectivity index (χ0) is 13.2. The molecule has 1 rings (SSSR count). The van der Waals surface area contributed by atoms with Gasteiger partial charge in [-0.15, -0.1) is 0 Å². The van der Waals surface area contributed by atoms with E-state index in [2.05, 4.69) is 41.2 Å². The van der Waals surface area contributed by atoms with Crippen molar-refractivity contribution in [1.82, 2.24) is 0 Å². The Kier molecular flexibility index (Phi) is 6.69. The lowest BCUT2D eigenvalue weighted by Crippen LogP contribution is -2.26. The van der Waals surface area contributed by atoms with Gasteiger partial charge >= 0.3 is 0 Å². The molecule has 100 valence electrons. The van der Waals surface area contributed by atoms with Crippen LogP contribution in [-0.2, 0) is 0 Å². The Morgan fingerprint density at radius 2 is 1.89 bits per heavy atom. The summed E-state index contributed by atoms with van der Waals surface area (Å²) < 4.78 is 0. The number of oxime groups is 1. The zero-order valence-corrected chi connectivity index (χ0v) is 11.0. The van der Waals surface area contributed by atoms with Crippen LogP contribution >= 0.6 is 0 Å². The van der Waals surface area contributed by atoms with Crippen molar-refractivity contribution in [2.24, 2.45) is 10.9 Å². The fraction of sp³-hybridized carbons (Fsp3) is 0.500. The predicted molar refractivity (Wildman–Crippen MR) is 76.2 cm³/mol. The van der Waals surface area contributed by atoms with E-state index in [1.165, 1.54) is 18.5 Å². The minimum atomic E-state index is 0.304. The largest absolute Gasteiger partial charge is 0.409 e. The van der Waals surface area contributed by atoms with Gasteiger partial charge in [0.2, 0.25) is 0 Å². The molecule has 0 aliphatic heterocycles. The molecule has 0 aliphatic carbocycles. The van der Waals surface area contributed by atoms with E-state index in [4.69, 9.17) is 10.9 Å². The van der Waals surface area contributed by atoms with Crippen LogP contribution in [0.1, 0.15) is 32.6 Å². The van der Waals surface area contributed by atoms with Crippen molar-refractivity contribution >= 4 is 11.5 Å². The third-order valence-corrected chi connectivity index (χ3v) is 2.89. The average Bonchev–Trinajstić information content (AvgIpc) is 2.43. The van der Waals surface area contributed by atoms with Gasteiger partial charge in [0.15, 0.2) is 0 Å². The summed E-state index contributed by atoms with van der Waals surface area (Å²) in [6.45, 7) is 4.18. The van der Waals surface area contributed by atoms with E-state index in [9.17, 15) is 0 Å². The standard InChI is InChI=1S/C14H23N3O/c1-2-3-11-17(12-7-10-14(15)16-18)13-8-5-4-6-9-13/h4-6,8-9,18H,2-3,7,10-12H2,1H3,(H2,15,16). The normalized spacial score (nSPS) is 11.5. The van der Waals surface area contributed by atoms with Crippen LogP contribution in [0, 0.1) is 0 Å². The molecule has 1 aromatic rings. The number of benzene rings is 1. The number of unbranched alkanes of at least 4 members (excludes halogenated alkanes) is 1. The highest BCUT2D eigenvalue weighted by Gasteiger charge is 2.05. The molecule has 0 saturated heterocycles. The number of nitrogens with zero attached hydrogens (tertiary/aromatic N) is 2. The van der Waals surface area contributed by atoms with Crippen LogP contribution in [-0.4, -0.2) is 24.1 Å². The number of para-hydroxylation sites is 1. The molecular weight excluding hydrogens is 226 g/mol. The monoisotopic (exact) mass is 249 g/mol. The smallest absolute Gasteiger partial charge is 0.139 e. The minimum Gasteiger partial charge on any atom is -0.409 e. The number of rotatable bonds is 8. The Balaban J connectivity index is 2.51. The maximum absolute atomic E-state index is 8.51. The summed E-state index contributed by atoms with van der Waals surface area (Å²) in [6.07, 6.45) is 3.89. The van der Waals surface area contributed by atoms with Crippen LogP contribution in [0.3, 0.4) is 0 Å². The van der Waals surface area contributed by atoms with Crippen molar-refractivity contribution < 1.29 is 5.21 Å². The van der Waals surface area contributed by atoms with Gasteiger partial charge in [-0.3, -0.25) is 0 Å². The van der Waals surface area contributed by atoms with E-state index >= 15 is 0 Å². The molecule has 0 atom stereocenters. The highest BCUT2D eigenvalue weighted by molar-refractivity contribution is 5.79. The summed E-state index contributed by atoms with van der Waals surface area (Å²) in [5.41, 5.74) is 6.72. The second-order valence-electron chi connectivity index (χ2n) is 4.37. The molecule has 1 aromatic carbocycles. The molecule has 0 saturated carbocycles. The molecule has 4 heteroatoms. The van der Waals surface area contributed by atoms with Gasteiger partial charge < -0.3 is 15.8 Å². The number of anilines is 1. The molecule has 0 spiro atoms. The Bertz CT molecular complexity index is 351. The van der Waals surface area contributed by atoms with Gasteiger partial charge in [-0.25, -0.2) is 0 Å². The molecule has 3 N–H and O–H groups in total. The fourth-order valence-corrected chi connectivity index (χ4v) is 1.86. The zero-order valence-electron chi connectivity index (χ0n) is 11.0. The minimum absolute atomic E-state index is 0.304. The lowest BCUT2D eigenvalue weighted by molar-refractivity contribution is 0.316. The Labute approximate surface area is 109 Å². The van der Waals surface area contributed by atoms with Crippen molar-refractivity contribution in [1.29, 1.82) is 0 Å². The van der Waals surface area contributed by atoms with Gasteiger partial charge in [-0.2, -0.15) is 0 Å². The predicted octanol–water partition coefficient (Wildman–Crippen LogP) is 2.82. The van der Waals surface area contributed by atoms with E-state index < -0.39 is 0 Å². The van der Waals surface area contributed by atoms with Gasteiger partial charge in [0, 0.05) is 25.2 Å². The van der Waals surface area contributed by atoms with Crippen molar-refractivity contribution in [3.8, 4) is 0 Å². The molecule has 0 bridgehead atoms. The van der Waals surface area contributed by atoms with E-state index in [1.807, 2.05) is 6.07 Å². The number of hydrogen-bond acceptors (Lipinski definition) is 3. The summed E-state index contributed by atoms with van der Waals surface area (Å²) in [5.74, 6) is 0.304. The molecule has 0 radical (unpaired) electrons. The first-order valence-electron chi connectivity index (χ1n) is 6.54. The first-order valence-corrected chi connectivity index (χ1v) is 6.54. The second kappa shape index (κ2) is 8.39.